The summed E-state index contributed by atoms with van der Waals surface area (Å²) in [5.74, 6) is 0. The van der Waals surface area contributed by atoms with E-state index >= 15 is 0 Å². The van der Waals surface area contributed by atoms with E-state index < -0.39 is 0 Å². The molecule has 0 bridgehead atoms. The van der Waals surface area contributed by atoms with Crippen LogP contribution in [0.4, 0.5) is 5.69 Å². The van der Waals surface area contributed by atoms with Crippen LogP contribution in [0.1, 0.15) is 12.8 Å². The fourth-order valence-electron chi connectivity index (χ4n) is 1.97. The Morgan fingerprint density at radius 2 is 2.11 bits per heavy atom. The van der Waals surface area contributed by atoms with Gasteiger partial charge in [0.1, 0.15) is 0 Å². The van der Waals surface area contributed by atoms with E-state index in [0.29, 0.717) is 16.1 Å². The number of rotatable bonds is 6. The molecule has 0 amide bonds. The van der Waals surface area contributed by atoms with Gasteiger partial charge in [0, 0.05) is 31.9 Å². The van der Waals surface area contributed by atoms with Crippen molar-refractivity contribution in [1.29, 1.82) is 0 Å². The number of benzene rings is 1. The van der Waals surface area contributed by atoms with Gasteiger partial charge < -0.3 is 15.4 Å². The van der Waals surface area contributed by atoms with Gasteiger partial charge in [0.25, 0.3) is 0 Å². The smallest absolute Gasteiger partial charge is 0.0700 e. The third-order valence-electron chi connectivity index (χ3n) is 2.95. The predicted molar refractivity (Wildman–Crippen MR) is 76.8 cm³/mol. The van der Waals surface area contributed by atoms with Crippen LogP contribution in [0.2, 0.25) is 10.0 Å². The van der Waals surface area contributed by atoms with Crippen LogP contribution in [0, 0.1) is 0 Å². The molecular formula is C13H18Cl2N2O. The molecule has 2 N–H and O–H groups in total. The second-order valence-corrected chi connectivity index (χ2v) is 5.21. The number of hydrogen-bond acceptors (Lipinski definition) is 3. The van der Waals surface area contributed by atoms with Crippen LogP contribution in [0.25, 0.3) is 0 Å². The molecule has 0 spiro atoms. The van der Waals surface area contributed by atoms with Gasteiger partial charge in [-0.3, -0.25) is 0 Å². The third kappa shape index (κ3) is 4.32. The maximum Gasteiger partial charge on any atom is 0.0700 e. The van der Waals surface area contributed by atoms with Crippen molar-refractivity contribution in [3.8, 4) is 0 Å². The maximum atomic E-state index is 5.94. The molecule has 1 atom stereocenters. The monoisotopic (exact) mass is 288 g/mol. The molecule has 0 aromatic heterocycles. The summed E-state index contributed by atoms with van der Waals surface area (Å²) in [6.07, 6.45) is 2.76. The van der Waals surface area contributed by atoms with Gasteiger partial charge in [0.05, 0.1) is 16.1 Å². The van der Waals surface area contributed by atoms with Crippen molar-refractivity contribution in [3.05, 3.63) is 28.2 Å². The van der Waals surface area contributed by atoms with Crippen molar-refractivity contribution >= 4 is 28.9 Å². The molecule has 1 aliphatic heterocycles. The van der Waals surface area contributed by atoms with Crippen molar-refractivity contribution < 1.29 is 4.74 Å². The molecule has 3 nitrogen and oxygen atoms in total. The summed E-state index contributed by atoms with van der Waals surface area (Å²) < 4.78 is 5.53. The number of nitrogens with one attached hydrogen (secondary N) is 2. The minimum atomic E-state index is 0.398. The first kappa shape index (κ1) is 13.9. The quantitative estimate of drug-likeness (QED) is 0.789. The van der Waals surface area contributed by atoms with E-state index in [4.69, 9.17) is 27.9 Å². The average molecular weight is 289 g/mol. The molecule has 0 aliphatic carbocycles. The van der Waals surface area contributed by atoms with E-state index in [1.165, 1.54) is 12.8 Å². The minimum Gasteiger partial charge on any atom is -0.384 e. The van der Waals surface area contributed by atoms with E-state index in [2.05, 4.69) is 10.6 Å². The van der Waals surface area contributed by atoms with Crippen molar-refractivity contribution in [2.45, 2.75) is 18.9 Å². The molecule has 18 heavy (non-hydrogen) atoms. The van der Waals surface area contributed by atoms with Crippen LogP contribution in [0.15, 0.2) is 18.2 Å². The van der Waals surface area contributed by atoms with Gasteiger partial charge in [-0.1, -0.05) is 23.2 Å². The van der Waals surface area contributed by atoms with Gasteiger partial charge in [-0.2, -0.15) is 0 Å². The van der Waals surface area contributed by atoms with Crippen LogP contribution < -0.4 is 10.6 Å². The molecule has 5 heteroatoms. The largest absolute Gasteiger partial charge is 0.384 e. The lowest BCUT2D eigenvalue weighted by atomic mass is 10.2. The molecule has 1 unspecified atom stereocenters. The lowest BCUT2D eigenvalue weighted by Gasteiger charge is -2.11. The first-order chi connectivity index (χ1) is 8.75. The highest BCUT2D eigenvalue weighted by atomic mass is 35.5. The molecule has 1 aliphatic rings. The molecule has 1 saturated heterocycles. The fraction of sp³-hybridized carbons (Fsp3) is 0.538. The highest BCUT2D eigenvalue weighted by Gasteiger charge is 2.13. The maximum absolute atomic E-state index is 5.94. The second kappa shape index (κ2) is 7.19. The lowest BCUT2D eigenvalue weighted by molar-refractivity contribution is 0.110. The van der Waals surface area contributed by atoms with Crippen molar-refractivity contribution in [2.75, 3.05) is 31.6 Å². The minimum absolute atomic E-state index is 0.398. The average Bonchev–Trinajstić information content (AvgIpc) is 2.86. The molecule has 1 fully saturated rings. The number of hydrogen-bond donors (Lipinski definition) is 2. The van der Waals surface area contributed by atoms with Crippen LogP contribution in [-0.2, 0) is 4.74 Å². The standard InChI is InChI=1S/C13H18Cl2N2O/c14-12-4-3-10(8-13(12)15)17-6-5-16-9-11-2-1-7-18-11/h3-4,8,11,16-17H,1-2,5-7,9H2. The van der Waals surface area contributed by atoms with Crippen LogP contribution in [0.5, 0.6) is 0 Å². The summed E-state index contributed by atoms with van der Waals surface area (Å²) >= 11 is 11.8. The van der Waals surface area contributed by atoms with E-state index in [0.717, 1.165) is 31.9 Å². The molecule has 100 valence electrons. The zero-order valence-corrected chi connectivity index (χ0v) is 11.7. The molecule has 0 saturated carbocycles. The topological polar surface area (TPSA) is 33.3 Å². The van der Waals surface area contributed by atoms with E-state index in [1.54, 1.807) is 6.07 Å². The van der Waals surface area contributed by atoms with Crippen molar-refractivity contribution in [3.63, 3.8) is 0 Å². The van der Waals surface area contributed by atoms with Crippen LogP contribution in [-0.4, -0.2) is 32.3 Å². The summed E-state index contributed by atoms with van der Waals surface area (Å²) in [7, 11) is 0. The van der Waals surface area contributed by atoms with Crippen molar-refractivity contribution in [2.24, 2.45) is 0 Å². The Kier molecular flexibility index (Phi) is 5.57. The molecular weight excluding hydrogens is 271 g/mol. The highest BCUT2D eigenvalue weighted by molar-refractivity contribution is 6.42. The summed E-state index contributed by atoms with van der Waals surface area (Å²) in [4.78, 5) is 0. The molecule has 2 rings (SSSR count). The number of ether oxygens (including phenoxy) is 1. The molecule has 1 aromatic rings. The van der Waals surface area contributed by atoms with Gasteiger partial charge in [-0.15, -0.1) is 0 Å². The van der Waals surface area contributed by atoms with Crippen molar-refractivity contribution in [1.82, 2.24) is 5.32 Å². The van der Waals surface area contributed by atoms with Crippen LogP contribution >= 0.6 is 23.2 Å². The van der Waals surface area contributed by atoms with Gasteiger partial charge in [-0.05, 0) is 31.0 Å². The fourth-order valence-corrected chi connectivity index (χ4v) is 2.27. The Balaban J connectivity index is 1.61. The zero-order valence-electron chi connectivity index (χ0n) is 10.2. The Labute approximate surface area is 118 Å². The summed E-state index contributed by atoms with van der Waals surface area (Å²) in [5.41, 5.74) is 0.989. The van der Waals surface area contributed by atoms with Crippen LogP contribution in [0.3, 0.4) is 0 Å². The zero-order chi connectivity index (χ0) is 12.8. The van der Waals surface area contributed by atoms with Gasteiger partial charge in [0.2, 0.25) is 0 Å². The molecule has 1 aromatic carbocycles. The lowest BCUT2D eigenvalue weighted by Crippen LogP contribution is -2.30. The Hall–Kier alpha value is -0.480. The highest BCUT2D eigenvalue weighted by Crippen LogP contribution is 2.24. The number of halogens is 2. The normalized spacial score (nSPS) is 19.1. The summed E-state index contributed by atoms with van der Waals surface area (Å²) in [6, 6.07) is 5.56. The summed E-state index contributed by atoms with van der Waals surface area (Å²) in [6.45, 7) is 3.60. The first-order valence-corrected chi connectivity index (χ1v) is 7.02. The van der Waals surface area contributed by atoms with E-state index in [9.17, 15) is 0 Å². The predicted octanol–water partition coefficient (Wildman–Crippen LogP) is 3.17. The third-order valence-corrected chi connectivity index (χ3v) is 3.69. The summed E-state index contributed by atoms with van der Waals surface area (Å²) in [5, 5.41) is 7.83. The first-order valence-electron chi connectivity index (χ1n) is 6.27. The van der Waals surface area contributed by atoms with Gasteiger partial charge in [-0.25, -0.2) is 0 Å². The Morgan fingerprint density at radius 3 is 2.83 bits per heavy atom. The van der Waals surface area contributed by atoms with E-state index in [1.807, 2.05) is 12.1 Å². The molecule has 1 heterocycles. The number of anilines is 1. The van der Waals surface area contributed by atoms with Gasteiger partial charge in [0.15, 0.2) is 0 Å². The SMILES string of the molecule is Clc1ccc(NCCNCC2CCCO2)cc1Cl. The second-order valence-electron chi connectivity index (χ2n) is 4.39. The van der Waals surface area contributed by atoms with Gasteiger partial charge >= 0.3 is 0 Å². The molecule has 0 radical (unpaired) electrons. The Morgan fingerprint density at radius 1 is 1.22 bits per heavy atom. The van der Waals surface area contributed by atoms with E-state index in [-0.39, 0.29) is 0 Å². The Bertz CT molecular complexity index is 381.